The van der Waals surface area contributed by atoms with Crippen LogP contribution in [0, 0.1) is 12.3 Å². The predicted molar refractivity (Wildman–Crippen MR) is 81.7 cm³/mol. The third kappa shape index (κ3) is 2.78. The quantitative estimate of drug-likeness (QED) is 0.917. The topological polar surface area (TPSA) is 63.6 Å². The first-order chi connectivity index (χ1) is 9.98. The summed E-state index contributed by atoms with van der Waals surface area (Å²) in [4.78, 5) is 17.8. The molecule has 0 bridgehead atoms. The Hall–Kier alpha value is -1.88. The van der Waals surface area contributed by atoms with Gasteiger partial charge in [-0.3, -0.25) is 0 Å². The van der Waals surface area contributed by atoms with E-state index >= 15 is 0 Å². The van der Waals surface area contributed by atoms with E-state index < -0.39 is 0 Å². The molecule has 1 atom stereocenters. The van der Waals surface area contributed by atoms with Crippen molar-refractivity contribution in [1.82, 2.24) is 25.3 Å². The first-order valence-electron chi connectivity index (χ1n) is 7.31. The highest BCUT2D eigenvalue weighted by Gasteiger charge is 2.32. The van der Waals surface area contributed by atoms with Crippen LogP contribution < -0.4 is 5.32 Å². The molecule has 21 heavy (non-hydrogen) atoms. The standard InChI is InChI=1S/C16H21N5/c1-10-18-6-5-12(20-10)15-19-9-11-13(17-4)7-16(2,3)8-14(11)21-15/h5-6,9,13,17H,7-8H2,1-4H3. The molecule has 110 valence electrons. The van der Waals surface area contributed by atoms with E-state index in [9.17, 15) is 0 Å². The second-order valence-corrected chi connectivity index (χ2v) is 6.47. The lowest BCUT2D eigenvalue weighted by Gasteiger charge is -2.36. The Bertz CT molecular complexity index is 665. The maximum Gasteiger partial charge on any atom is 0.178 e. The number of aryl methyl sites for hydroxylation is 1. The number of hydrogen-bond acceptors (Lipinski definition) is 5. The Morgan fingerprint density at radius 1 is 1.24 bits per heavy atom. The Morgan fingerprint density at radius 3 is 2.76 bits per heavy atom. The van der Waals surface area contributed by atoms with E-state index in [1.54, 1.807) is 6.20 Å². The lowest BCUT2D eigenvalue weighted by Crippen LogP contribution is -2.32. The van der Waals surface area contributed by atoms with Crippen LogP contribution in [0.25, 0.3) is 11.5 Å². The molecule has 1 unspecified atom stereocenters. The fourth-order valence-corrected chi connectivity index (χ4v) is 3.01. The summed E-state index contributed by atoms with van der Waals surface area (Å²) >= 11 is 0. The molecule has 2 aromatic heterocycles. The van der Waals surface area contributed by atoms with E-state index in [0.29, 0.717) is 11.9 Å². The molecule has 2 aromatic rings. The minimum atomic E-state index is 0.244. The minimum Gasteiger partial charge on any atom is -0.313 e. The third-order valence-electron chi connectivity index (χ3n) is 4.03. The second-order valence-electron chi connectivity index (χ2n) is 6.47. The van der Waals surface area contributed by atoms with Gasteiger partial charge in [-0.25, -0.2) is 19.9 Å². The van der Waals surface area contributed by atoms with Gasteiger partial charge < -0.3 is 5.32 Å². The van der Waals surface area contributed by atoms with Gasteiger partial charge in [-0.15, -0.1) is 0 Å². The monoisotopic (exact) mass is 283 g/mol. The van der Waals surface area contributed by atoms with Gasteiger partial charge in [0.25, 0.3) is 0 Å². The normalized spacial score (nSPS) is 20.1. The average Bonchev–Trinajstić information content (AvgIpc) is 2.44. The van der Waals surface area contributed by atoms with Crippen LogP contribution in [0.3, 0.4) is 0 Å². The molecule has 3 rings (SSSR count). The molecule has 0 fully saturated rings. The molecular weight excluding hydrogens is 262 g/mol. The van der Waals surface area contributed by atoms with Crippen LogP contribution in [0.2, 0.25) is 0 Å². The van der Waals surface area contributed by atoms with E-state index in [1.807, 2.05) is 26.2 Å². The zero-order valence-electron chi connectivity index (χ0n) is 13.0. The van der Waals surface area contributed by atoms with Gasteiger partial charge in [-0.1, -0.05) is 13.8 Å². The SMILES string of the molecule is CNC1CC(C)(C)Cc2nc(-c3ccnc(C)n3)ncc21. The highest BCUT2D eigenvalue weighted by Crippen LogP contribution is 2.39. The molecule has 0 spiro atoms. The smallest absolute Gasteiger partial charge is 0.178 e. The van der Waals surface area contributed by atoms with Crippen molar-refractivity contribution in [3.8, 4) is 11.5 Å². The van der Waals surface area contributed by atoms with Crippen molar-refractivity contribution in [3.05, 3.63) is 35.5 Å². The molecule has 1 aliphatic rings. The molecule has 2 heterocycles. The van der Waals surface area contributed by atoms with Crippen LogP contribution in [-0.4, -0.2) is 27.0 Å². The zero-order valence-corrected chi connectivity index (χ0v) is 13.0. The number of nitrogens with one attached hydrogen (secondary N) is 1. The molecular formula is C16H21N5. The number of hydrogen-bond donors (Lipinski definition) is 1. The van der Waals surface area contributed by atoms with Crippen molar-refractivity contribution in [3.63, 3.8) is 0 Å². The van der Waals surface area contributed by atoms with Crippen LogP contribution >= 0.6 is 0 Å². The average molecular weight is 283 g/mol. The third-order valence-corrected chi connectivity index (χ3v) is 4.03. The summed E-state index contributed by atoms with van der Waals surface area (Å²) in [5.74, 6) is 1.43. The molecule has 1 N–H and O–H groups in total. The van der Waals surface area contributed by atoms with Crippen molar-refractivity contribution < 1.29 is 0 Å². The van der Waals surface area contributed by atoms with Gasteiger partial charge in [-0.2, -0.15) is 0 Å². The van der Waals surface area contributed by atoms with Crippen molar-refractivity contribution in [2.24, 2.45) is 5.41 Å². The molecule has 0 radical (unpaired) electrons. The van der Waals surface area contributed by atoms with Gasteiger partial charge in [0.2, 0.25) is 0 Å². The van der Waals surface area contributed by atoms with Gasteiger partial charge in [-0.05, 0) is 38.3 Å². The maximum atomic E-state index is 4.78. The molecule has 5 heteroatoms. The lowest BCUT2D eigenvalue weighted by molar-refractivity contribution is 0.260. The summed E-state index contributed by atoms with van der Waals surface area (Å²) in [5.41, 5.74) is 3.38. The van der Waals surface area contributed by atoms with Gasteiger partial charge in [0.05, 0.1) is 0 Å². The number of aromatic nitrogens is 4. The highest BCUT2D eigenvalue weighted by atomic mass is 15.0. The fourth-order valence-electron chi connectivity index (χ4n) is 3.01. The number of nitrogens with zero attached hydrogens (tertiary/aromatic N) is 4. The van der Waals surface area contributed by atoms with Crippen molar-refractivity contribution in [2.45, 2.75) is 39.7 Å². The van der Waals surface area contributed by atoms with Crippen LogP contribution in [0.1, 0.15) is 43.4 Å². The van der Waals surface area contributed by atoms with Crippen molar-refractivity contribution in [1.29, 1.82) is 0 Å². The first-order valence-corrected chi connectivity index (χ1v) is 7.31. The fraction of sp³-hybridized carbons (Fsp3) is 0.500. The van der Waals surface area contributed by atoms with Crippen molar-refractivity contribution >= 4 is 0 Å². The van der Waals surface area contributed by atoms with E-state index in [0.717, 1.165) is 30.1 Å². The summed E-state index contributed by atoms with van der Waals surface area (Å²) in [7, 11) is 2.00. The van der Waals surface area contributed by atoms with Gasteiger partial charge in [0.15, 0.2) is 5.82 Å². The van der Waals surface area contributed by atoms with E-state index in [1.165, 1.54) is 5.56 Å². The summed E-state index contributed by atoms with van der Waals surface area (Å²) in [6, 6.07) is 2.18. The molecule has 5 nitrogen and oxygen atoms in total. The largest absolute Gasteiger partial charge is 0.313 e. The number of rotatable bonds is 2. The Kier molecular flexibility index (Phi) is 3.45. The van der Waals surface area contributed by atoms with Crippen molar-refractivity contribution in [2.75, 3.05) is 7.05 Å². The van der Waals surface area contributed by atoms with E-state index in [2.05, 4.69) is 34.1 Å². The number of fused-ring (bicyclic) bond motifs is 1. The van der Waals surface area contributed by atoms with Gasteiger partial charge in [0.1, 0.15) is 11.5 Å². The Labute approximate surface area is 125 Å². The molecule has 0 amide bonds. The van der Waals surface area contributed by atoms with Crippen LogP contribution in [-0.2, 0) is 6.42 Å². The van der Waals surface area contributed by atoms with Gasteiger partial charge in [0, 0.05) is 29.7 Å². The highest BCUT2D eigenvalue weighted by molar-refractivity contribution is 5.49. The van der Waals surface area contributed by atoms with E-state index in [4.69, 9.17) is 4.98 Å². The zero-order chi connectivity index (χ0) is 15.0. The summed E-state index contributed by atoms with van der Waals surface area (Å²) in [5, 5.41) is 3.38. The molecule has 0 aliphatic heterocycles. The lowest BCUT2D eigenvalue weighted by atomic mass is 9.74. The van der Waals surface area contributed by atoms with Crippen LogP contribution in [0.4, 0.5) is 0 Å². The second kappa shape index (κ2) is 5.15. The van der Waals surface area contributed by atoms with Gasteiger partial charge >= 0.3 is 0 Å². The van der Waals surface area contributed by atoms with Crippen LogP contribution in [0.5, 0.6) is 0 Å². The molecule has 0 saturated heterocycles. The van der Waals surface area contributed by atoms with Crippen LogP contribution in [0.15, 0.2) is 18.5 Å². The summed E-state index contributed by atoms with van der Waals surface area (Å²) in [6.45, 7) is 6.45. The molecule has 0 saturated carbocycles. The predicted octanol–water partition coefficient (Wildman–Crippen LogP) is 2.47. The summed E-state index contributed by atoms with van der Waals surface area (Å²) < 4.78 is 0. The Balaban J connectivity index is 2.05. The summed E-state index contributed by atoms with van der Waals surface area (Å²) in [6.07, 6.45) is 5.78. The maximum absolute atomic E-state index is 4.78. The molecule has 1 aliphatic carbocycles. The minimum absolute atomic E-state index is 0.244. The Morgan fingerprint density at radius 2 is 2.05 bits per heavy atom. The van der Waals surface area contributed by atoms with E-state index in [-0.39, 0.29) is 5.41 Å². The molecule has 0 aromatic carbocycles. The first kappa shape index (κ1) is 14.1.